The Kier molecular flexibility index (Phi) is 2.75. The lowest BCUT2D eigenvalue weighted by Crippen LogP contribution is -2.03. The van der Waals surface area contributed by atoms with Gasteiger partial charge in [-0.1, -0.05) is 30.3 Å². The Morgan fingerprint density at radius 1 is 1.00 bits per heavy atom. The molecule has 0 atom stereocenters. The number of aromatic nitrogens is 4. The number of hydrogen-bond donors (Lipinski definition) is 0. The first-order valence-electron chi connectivity index (χ1n) is 5.71. The first kappa shape index (κ1) is 11.1. The number of benzene rings is 1. The summed E-state index contributed by atoms with van der Waals surface area (Å²) in [6.07, 6.45) is 3.29. The molecule has 5 nitrogen and oxygen atoms in total. The molecule has 3 aromatic rings. The summed E-state index contributed by atoms with van der Waals surface area (Å²) in [4.78, 5) is 8.33. The maximum absolute atomic E-state index is 9.00. The minimum Gasteiger partial charge on any atom is -0.220 e. The molecule has 0 radical (unpaired) electrons. The van der Waals surface area contributed by atoms with Crippen molar-refractivity contribution >= 4 is 0 Å². The van der Waals surface area contributed by atoms with E-state index in [0.717, 1.165) is 11.3 Å². The summed E-state index contributed by atoms with van der Waals surface area (Å²) in [6, 6.07) is 15.2. The normalized spacial score (nSPS) is 10.1. The van der Waals surface area contributed by atoms with Gasteiger partial charge in [-0.3, -0.25) is 0 Å². The Bertz CT molecular complexity index is 669. The van der Waals surface area contributed by atoms with E-state index in [1.54, 1.807) is 29.2 Å². The molecule has 0 unspecified atom stereocenters. The van der Waals surface area contributed by atoms with Crippen LogP contribution in [0.4, 0.5) is 0 Å². The Hall–Kier alpha value is -3.00. The minimum atomic E-state index is 0.339. The zero-order valence-electron chi connectivity index (χ0n) is 9.93. The predicted molar refractivity (Wildman–Crippen MR) is 69.3 cm³/mol. The van der Waals surface area contributed by atoms with E-state index >= 15 is 0 Å². The minimum absolute atomic E-state index is 0.339. The molecule has 3 rings (SSSR count). The van der Waals surface area contributed by atoms with Crippen molar-refractivity contribution in [3.05, 3.63) is 60.6 Å². The molecule has 1 aromatic carbocycles. The maximum atomic E-state index is 9.00. The van der Waals surface area contributed by atoms with Gasteiger partial charge in [-0.15, -0.1) is 0 Å². The molecule has 90 valence electrons. The van der Waals surface area contributed by atoms with Gasteiger partial charge in [0.15, 0.2) is 5.69 Å². The van der Waals surface area contributed by atoms with E-state index in [1.807, 2.05) is 36.4 Å². The molecule has 0 bridgehead atoms. The van der Waals surface area contributed by atoms with Gasteiger partial charge >= 0.3 is 0 Å². The molecule has 2 heterocycles. The molecule has 0 saturated carbocycles. The third-order valence-corrected chi connectivity index (χ3v) is 2.64. The molecule has 0 spiro atoms. The van der Waals surface area contributed by atoms with Crippen LogP contribution in [0, 0.1) is 11.3 Å². The lowest BCUT2D eigenvalue weighted by atomic mass is 10.1. The van der Waals surface area contributed by atoms with Crippen LogP contribution in [0.25, 0.3) is 17.2 Å². The van der Waals surface area contributed by atoms with Crippen molar-refractivity contribution in [2.24, 2.45) is 0 Å². The van der Waals surface area contributed by atoms with Gasteiger partial charge in [0, 0.05) is 24.0 Å². The number of nitriles is 1. The van der Waals surface area contributed by atoms with Crippen LogP contribution in [0.5, 0.6) is 0 Å². The molecular formula is C14H9N5. The molecule has 0 aliphatic carbocycles. The van der Waals surface area contributed by atoms with E-state index in [-0.39, 0.29) is 0 Å². The Morgan fingerprint density at radius 2 is 1.74 bits per heavy atom. The third-order valence-electron chi connectivity index (χ3n) is 2.64. The fourth-order valence-electron chi connectivity index (χ4n) is 1.80. The largest absolute Gasteiger partial charge is 0.251 e. The molecule has 0 saturated heterocycles. The summed E-state index contributed by atoms with van der Waals surface area (Å²) in [7, 11) is 0. The molecule has 0 fully saturated rings. The van der Waals surface area contributed by atoms with Gasteiger partial charge in [0.25, 0.3) is 5.95 Å². The third kappa shape index (κ3) is 2.07. The smallest absolute Gasteiger partial charge is 0.220 e. The van der Waals surface area contributed by atoms with Gasteiger partial charge in [-0.05, 0) is 6.07 Å². The Labute approximate surface area is 109 Å². The summed E-state index contributed by atoms with van der Waals surface area (Å²) in [6.45, 7) is 0. The molecule has 19 heavy (non-hydrogen) atoms. The molecule has 0 amide bonds. The second-order valence-electron chi connectivity index (χ2n) is 3.85. The number of hydrogen-bond acceptors (Lipinski definition) is 4. The summed E-state index contributed by atoms with van der Waals surface area (Å²) < 4.78 is 1.58. The van der Waals surface area contributed by atoms with E-state index in [0.29, 0.717) is 11.6 Å². The van der Waals surface area contributed by atoms with Gasteiger partial charge in [-0.2, -0.15) is 15.0 Å². The molecule has 5 heteroatoms. The van der Waals surface area contributed by atoms with Crippen LogP contribution in [0.15, 0.2) is 54.9 Å². The zero-order valence-corrected chi connectivity index (χ0v) is 9.93. The highest BCUT2D eigenvalue weighted by Gasteiger charge is 2.12. The summed E-state index contributed by atoms with van der Waals surface area (Å²) in [5.41, 5.74) is 2.10. The van der Waals surface area contributed by atoms with Crippen LogP contribution < -0.4 is 0 Å². The first-order chi connectivity index (χ1) is 9.38. The summed E-state index contributed by atoms with van der Waals surface area (Å²) in [5.74, 6) is 0.447. The predicted octanol–water partition coefficient (Wildman–Crippen LogP) is 2.20. The van der Waals surface area contributed by atoms with Crippen molar-refractivity contribution in [2.75, 3.05) is 0 Å². The van der Waals surface area contributed by atoms with E-state index in [4.69, 9.17) is 5.26 Å². The van der Waals surface area contributed by atoms with E-state index in [9.17, 15) is 0 Å². The van der Waals surface area contributed by atoms with Gasteiger partial charge in [-0.25, -0.2) is 9.97 Å². The SMILES string of the molecule is N#Cc1cc(-c2ccccc2)n(-c2ncccn2)n1. The molecule has 0 aliphatic heterocycles. The molecule has 2 aromatic heterocycles. The molecule has 0 aliphatic rings. The highest BCUT2D eigenvalue weighted by atomic mass is 15.4. The van der Waals surface area contributed by atoms with E-state index in [1.165, 1.54) is 0 Å². The van der Waals surface area contributed by atoms with Crippen molar-refractivity contribution in [1.29, 1.82) is 5.26 Å². The quantitative estimate of drug-likeness (QED) is 0.696. The van der Waals surface area contributed by atoms with Crippen LogP contribution >= 0.6 is 0 Å². The molecular weight excluding hydrogens is 238 g/mol. The van der Waals surface area contributed by atoms with Crippen molar-refractivity contribution < 1.29 is 0 Å². The van der Waals surface area contributed by atoms with Gasteiger partial charge in [0.05, 0.1) is 5.69 Å². The Morgan fingerprint density at radius 3 is 2.42 bits per heavy atom. The second-order valence-corrected chi connectivity index (χ2v) is 3.85. The maximum Gasteiger partial charge on any atom is 0.251 e. The summed E-state index contributed by atoms with van der Waals surface area (Å²) in [5, 5.41) is 13.2. The van der Waals surface area contributed by atoms with Gasteiger partial charge in [0.1, 0.15) is 6.07 Å². The van der Waals surface area contributed by atoms with Crippen LogP contribution in [0.1, 0.15) is 5.69 Å². The van der Waals surface area contributed by atoms with E-state index < -0.39 is 0 Å². The van der Waals surface area contributed by atoms with Crippen LogP contribution in [0.3, 0.4) is 0 Å². The van der Waals surface area contributed by atoms with Gasteiger partial charge in [0.2, 0.25) is 0 Å². The van der Waals surface area contributed by atoms with Crippen LogP contribution in [-0.2, 0) is 0 Å². The van der Waals surface area contributed by atoms with Crippen molar-refractivity contribution in [3.8, 4) is 23.3 Å². The van der Waals surface area contributed by atoms with Gasteiger partial charge < -0.3 is 0 Å². The van der Waals surface area contributed by atoms with Crippen molar-refractivity contribution in [2.45, 2.75) is 0 Å². The van der Waals surface area contributed by atoms with Crippen LogP contribution in [-0.4, -0.2) is 19.7 Å². The average Bonchev–Trinajstić information content (AvgIpc) is 2.93. The van der Waals surface area contributed by atoms with E-state index in [2.05, 4.69) is 15.1 Å². The topological polar surface area (TPSA) is 67.4 Å². The van der Waals surface area contributed by atoms with Crippen molar-refractivity contribution in [3.63, 3.8) is 0 Å². The fraction of sp³-hybridized carbons (Fsp3) is 0. The second kappa shape index (κ2) is 4.70. The Balaban J connectivity index is 2.20. The highest BCUT2D eigenvalue weighted by molar-refractivity contribution is 5.62. The first-order valence-corrected chi connectivity index (χ1v) is 5.71. The molecule has 0 N–H and O–H groups in total. The fourth-order valence-corrected chi connectivity index (χ4v) is 1.80. The highest BCUT2D eigenvalue weighted by Crippen LogP contribution is 2.21. The lowest BCUT2D eigenvalue weighted by Gasteiger charge is -2.04. The number of rotatable bonds is 2. The zero-order chi connectivity index (χ0) is 13.1. The summed E-state index contributed by atoms with van der Waals surface area (Å²) >= 11 is 0. The van der Waals surface area contributed by atoms with Crippen LogP contribution in [0.2, 0.25) is 0 Å². The monoisotopic (exact) mass is 247 g/mol. The lowest BCUT2D eigenvalue weighted by molar-refractivity contribution is 0.810. The standard InChI is InChI=1S/C14H9N5/c15-10-12-9-13(11-5-2-1-3-6-11)19(18-12)14-16-7-4-8-17-14/h1-9H. The van der Waals surface area contributed by atoms with Crippen molar-refractivity contribution in [1.82, 2.24) is 19.7 Å². The number of nitrogens with zero attached hydrogens (tertiary/aromatic N) is 5. The average molecular weight is 247 g/mol.